The maximum atomic E-state index is 13.4. The number of hydrogen-bond donors (Lipinski definition) is 1. The van der Waals surface area contributed by atoms with Gasteiger partial charge in [0.2, 0.25) is 5.91 Å². The Kier molecular flexibility index (Phi) is 6.78. The van der Waals surface area contributed by atoms with E-state index >= 15 is 0 Å². The molecule has 0 aromatic heterocycles. The third kappa shape index (κ3) is 4.35. The minimum atomic E-state index is -1.25. The van der Waals surface area contributed by atoms with Crippen molar-refractivity contribution in [1.29, 1.82) is 0 Å². The summed E-state index contributed by atoms with van der Waals surface area (Å²) in [6.45, 7) is 3.94. The van der Waals surface area contributed by atoms with Gasteiger partial charge in [-0.15, -0.1) is 0 Å². The summed E-state index contributed by atoms with van der Waals surface area (Å²) in [5.74, 6) is -0.405. The highest BCUT2D eigenvalue weighted by atomic mass is 19.1. The van der Waals surface area contributed by atoms with Crippen LogP contribution in [0.5, 0.6) is 0 Å². The average molecular weight is 418 g/mol. The fourth-order valence-corrected chi connectivity index (χ4v) is 4.54. The molecular formula is C23H32FN3O3. The summed E-state index contributed by atoms with van der Waals surface area (Å²) in [7, 11) is 1.76. The summed E-state index contributed by atoms with van der Waals surface area (Å²) in [5, 5.41) is 2.81. The van der Waals surface area contributed by atoms with Gasteiger partial charge < -0.3 is 10.2 Å². The number of likely N-dealkylation sites (N-methyl/N-ethyl adjacent to an activating group) is 1. The normalized spacial score (nSPS) is 26.6. The molecule has 0 radical (unpaired) electrons. The summed E-state index contributed by atoms with van der Waals surface area (Å²) < 4.78 is 13.4. The van der Waals surface area contributed by atoms with Crippen LogP contribution in [0.15, 0.2) is 24.3 Å². The summed E-state index contributed by atoms with van der Waals surface area (Å²) in [6, 6.07) is 5.21. The third-order valence-electron chi connectivity index (χ3n) is 6.64. The van der Waals surface area contributed by atoms with Gasteiger partial charge in [0, 0.05) is 13.1 Å². The zero-order valence-electron chi connectivity index (χ0n) is 18.1. The van der Waals surface area contributed by atoms with Gasteiger partial charge in [0.15, 0.2) is 0 Å². The van der Waals surface area contributed by atoms with Crippen LogP contribution in [-0.4, -0.2) is 47.3 Å². The SMILES string of the molecule is CCCC[C@]1(c2ccc(F)cc2)NC(=O)N(CC(=O)N(C)C2CCC(C)CC2)C1=O. The Labute approximate surface area is 177 Å². The minimum absolute atomic E-state index is 0.149. The van der Waals surface area contributed by atoms with E-state index in [2.05, 4.69) is 12.2 Å². The zero-order chi connectivity index (χ0) is 21.9. The van der Waals surface area contributed by atoms with Crippen molar-refractivity contribution in [2.45, 2.75) is 70.4 Å². The molecule has 3 rings (SSSR count). The highest BCUT2D eigenvalue weighted by molar-refractivity contribution is 6.09. The Hall–Kier alpha value is -2.44. The molecule has 1 aromatic rings. The molecule has 0 unspecified atom stereocenters. The predicted octanol–water partition coefficient (Wildman–Crippen LogP) is 3.80. The van der Waals surface area contributed by atoms with Gasteiger partial charge in [0.05, 0.1) is 0 Å². The van der Waals surface area contributed by atoms with Gasteiger partial charge in [-0.2, -0.15) is 0 Å². The standard InChI is InChI=1S/C23H32FN3O3/c1-4-5-14-23(17-8-10-18(24)11-9-17)21(29)27(22(30)25-23)15-20(28)26(3)19-12-6-16(2)7-13-19/h8-11,16,19H,4-7,12-15H2,1-3H3,(H,25,30)/t16?,19?,23-/m1/s1. The predicted molar refractivity (Wildman–Crippen MR) is 112 cm³/mol. The van der Waals surface area contributed by atoms with Crippen LogP contribution in [0.1, 0.15) is 64.4 Å². The van der Waals surface area contributed by atoms with Gasteiger partial charge in [-0.1, -0.05) is 38.8 Å². The van der Waals surface area contributed by atoms with E-state index in [1.165, 1.54) is 24.3 Å². The number of benzene rings is 1. The van der Waals surface area contributed by atoms with E-state index in [-0.39, 0.29) is 18.5 Å². The van der Waals surface area contributed by atoms with Crippen LogP contribution in [0.2, 0.25) is 0 Å². The molecule has 0 spiro atoms. The van der Waals surface area contributed by atoms with Crippen molar-refractivity contribution in [3.63, 3.8) is 0 Å². The summed E-state index contributed by atoms with van der Waals surface area (Å²) in [4.78, 5) is 41.7. The first-order valence-electron chi connectivity index (χ1n) is 10.9. The first kappa shape index (κ1) is 22.2. The molecule has 1 heterocycles. The maximum Gasteiger partial charge on any atom is 0.325 e. The van der Waals surface area contributed by atoms with E-state index in [0.29, 0.717) is 24.3 Å². The van der Waals surface area contributed by atoms with Gasteiger partial charge in [0.1, 0.15) is 17.9 Å². The number of hydrogen-bond acceptors (Lipinski definition) is 3. The van der Waals surface area contributed by atoms with Crippen LogP contribution < -0.4 is 5.32 Å². The first-order chi connectivity index (χ1) is 14.3. The Balaban J connectivity index is 1.77. The van der Waals surface area contributed by atoms with Crippen LogP contribution in [0.4, 0.5) is 9.18 Å². The molecule has 6 nitrogen and oxygen atoms in total. The number of nitrogens with zero attached hydrogens (tertiary/aromatic N) is 2. The average Bonchev–Trinajstić information content (AvgIpc) is 2.97. The lowest BCUT2D eigenvalue weighted by molar-refractivity contribution is -0.140. The van der Waals surface area contributed by atoms with Gasteiger partial charge in [0.25, 0.3) is 5.91 Å². The largest absolute Gasteiger partial charge is 0.341 e. The zero-order valence-corrected chi connectivity index (χ0v) is 18.1. The van der Waals surface area contributed by atoms with E-state index in [4.69, 9.17) is 0 Å². The highest BCUT2D eigenvalue weighted by Gasteiger charge is 2.52. The maximum absolute atomic E-state index is 13.4. The van der Waals surface area contributed by atoms with Crippen LogP contribution in [0.3, 0.4) is 0 Å². The first-order valence-corrected chi connectivity index (χ1v) is 10.9. The van der Waals surface area contributed by atoms with E-state index in [1.54, 1.807) is 11.9 Å². The molecule has 1 saturated carbocycles. The number of rotatable bonds is 7. The molecule has 1 aliphatic heterocycles. The molecule has 7 heteroatoms. The lowest BCUT2D eigenvalue weighted by Gasteiger charge is -2.34. The summed E-state index contributed by atoms with van der Waals surface area (Å²) in [6.07, 6.45) is 6.01. The highest BCUT2D eigenvalue weighted by Crippen LogP contribution is 2.34. The van der Waals surface area contributed by atoms with Crippen LogP contribution in [0.25, 0.3) is 0 Å². The summed E-state index contributed by atoms with van der Waals surface area (Å²) in [5.41, 5.74) is -0.708. The monoisotopic (exact) mass is 417 g/mol. The van der Waals surface area contributed by atoms with Crippen molar-refractivity contribution < 1.29 is 18.8 Å². The Morgan fingerprint density at radius 2 is 1.83 bits per heavy atom. The van der Waals surface area contributed by atoms with E-state index in [9.17, 15) is 18.8 Å². The Bertz CT molecular complexity index is 789. The van der Waals surface area contributed by atoms with Gasteiger partial charge in [-0.3, -0.25) is 14.5 Å². The quantitative estimate of drug-likeness (QED) is 0.686. The molecule has 1 N–H and O–H groups in total. The van der Waals surface area contributed by atoms with E-state index < -0.39 is 23.3 Å². The van der Waals surface area contributed by atoms with Crippen molar-refractivity contribution in [2.75, 3.05) is 13.6 Å². The number of nitrogens with one attached hydrogen (secondary N) is 1. The molecule has 1 aliphatic carbocycles. The minimum Gasteiger partial charge on any atom is -0.341 e. The van der Waals surface area contributed by atoms with Crippen molar-refractivity contribution in [3.05, 3.63) is 35.6 Å². The number of amides is 4. The van der Waals surface area contributed by atoms with Gasteiger partial charge >= 0.3 is 6.03 Å². The number of imide groups is 1. The summed E-state index contributed by atoms with van der Waals surface area (Å²) >= 11 is 0. The fraction of sp³-hybridized carbons (Fsp3) is 0.609. The number of urea groups is 1. The molecule has 0 bridgehead atoms. The Morgan fingerprint density at radius 1 is 1.20 bits per heavy atom. The van der Waals surface area contributed by atoms with Crippen LogP contribution in [0, 0.1) is 11.7 Å². The third-order valence-corrected chi connectivity index (χ3v) is 6.64. The number of carbonyl (C=O) groups excluding carboxylic acids is 3. The second kappa shape index (κ2) is 9.14. The number of unbranched alkanes of at least 4 members (excludes halogenated alkanes) is 1. The number of halogens is 1. The molecular weight excluding hydrogens is 385 g/mol. The van der Waals surface area contributed by atoms with Crippen molar-refractivity contribution in [2.24, 2.45) is 5.92 Å². The van der Waals surface area contributed by atoms with Crippen LogP contribution >= 0.6 is 0 Å². The smallest absolute Gasteiger partial charge is 0.325 e. The van der Waals surface area contributed by atoms with Gasteiger partial charge in [-0.25, -0.2) is 9.18 Å². The Morgan fingerprint density at radius 3 is 2.43 bits per heavy atom. The lowest BCUT2D eigenvalue weighted by Crippen LogP contribution is -2.47. The molecule has 30 heavy (non-hydrogen) atoms. The molecule has 1 saturated heterocycles. The second-order valence-corrected chi connectivity index (χ2v) is 8.76. The second-order valence-electron chi connectivity index (χ2n) is 8.76. The molecule has 164 valence electrons. The number of carbonyl (C=O) groups is 3. The lowest BCUT2D eigenvalue weighted by atomic mass is 9.84. The topological polar surface area (TPSA) is 69.7 Å². The molecule has 1 atom stereocenters. The van der Waals surface area contributed by atoms with E-state index in [0.717, 1.165) is 37.0 Å². The molecule has 4 amide bonds. The van der Waals surface area contributed by atoms with Gasteiger partial charge in [-0.05, 0) is 55.7 Å². The van der Waals surface area contributed by atoms with Crippen molar-refractivity contribution in [1.82, 2.24) is 15.1 Å². The molecule has 2 aliphatic rings. The van der Waals surface area contributed by atoms with Crippen molar-refractivity contribution in [3.8, 4) is 0 Å². The van der Waals surface area contributed by atoms with Crippen molar-refractivity contribution >= 4 is 17.8 Å². The fourth-order valence-electron chi connectivity index (χ4n) is 4.54. The van der Waals surface area contributed by atoms with E-state index in [1.807, 2.05) is 6.92 Å². The molecule has 2 fully saturated rings. The molecule has 1 aromatic carbocycles. The van der Waals surface area contributed by atoms with Crippen LogP contribution in [-0.2, 0) is 15.1 Å².